The largest absolute Gasteiger partial charge is 0.456 e. The molecule has 0 bridgehead atoms. The van der Waals surface area contributed by atoms with Crippen molar-refractivity contribution < 1.29 is 4.42 Å². The van der Waals surface area contributed by atoms with E-state index in [9.17, 15) is 0 Å². The molecule has 7 aromatic carbocycles. The van der Waals surface area contributed by atoms with Gasteiger partial charge in [-0.15, -0.1) is 0 Å². The number of aromatic nitrogens is 1. The Morgan fingerprint density at radius 3 is 1.88 bits per heavy atom. The molecule has 2 heterocycles. The van der Waals surface area contributed by atoms with Crippen molar-refractivity contribution in [1.82, 2.24) is 4.98 Å². The first-order valence-electron chi connectivity index (χ1n) is 16.2. The molecule has 0 unspecified atom stereocenters. The Kier molecular flexibility index (Phi) is 6.80. The third-order valence-electron chi connectivity index (χ3n) is 9.13. The predicted octanol–water partition coefficient (Wildman–Crippen LogP) is 12.6. The van der Waals surface area contributed by atoms with Crippen molar-refractivity contribution in [3.63, 3.8) is 0 Å². The third-order valence-corrected chi connectivity index (χ3v) is 9.13. The van der Waals surface area contributed by atoms with Gasteiger partial charge in [0.05, 0.1) is 5.69 Å². The molecule has 0 fully saturated rings. The van der Waals surface area contributed by atoms with Crippen LogP contribution in [0.4, 0.5) is 17.1 Å². The predicted molar refractivity (Wildman–Crippen MR) is 200 cm³/mol. The van der Waals surface area contributed by atoms with E-state index in [4.69, 9.17) is 4.42 Å². The zero-order valence-electron chi connectivity index (χ0n) is 26.1. The molecule has 9 aromatic rings. The Morgan fingerprint density at radius 1 is 0.417 bits per heavy atom. The first kappa shape index (κ1) is 27.8. The molecule has 0 radical (unpaired) electrons. The molecule has 48 heavy (non-hydrogen) atoms. The van der Waals surface area contributed by atoms with Crippen LogP contribution >= 0.6 is 0 Å². The van der Waals surface area contributed by atoms with Gasteiger partial charge in [-0.25, -0.2) is 0 Å². The molecular formula is C45H30N2O. The molecule has 0 aliphatic heterocycles. The van der Waals surface area contributed by atoms with Crippen LogP contribution in [0.1, 0.15) is 0 Å². The van der Waals surface area contributed by atoms with Crippen molar-refractivity contribution >= 4 is 49.8 Å². The molecule has 226 valence electrons. The molecule has 0 spiro atoms. The van der Waals surface area contributed by atoms with E-state index in [-0.39, 0.29) is 0 Å². The van der Waals surface area contributed by atoms with Crippen LogP contribution in [0.2, 0.25) is 0 Å². The van der Waals surface area contributed by atoms with Gasteiger partial charge in [0.25, 0.3) is 0 Å². The normalized spacial score (nSPS) is 11.3. The fourth-order valence-electron chi connectivity index (χ4n) is 6.75. The Labute approximate surface area is 279 Å². The van der Waals surface area contributed by atoms with Crippen molar-refractivity contribution in [2.75, 3.05) is 4.90 Å². The minimum atomic E-state index is 0.862. The number of furan rings is 1. The second kappa shape index (κ2) is 11.7. The van der Waals surface area contributed by atoms with Crippen LogP contribution in [0.5, 0.6) is 0 Å². The molecule has 9 rings (SSSR count). The van der Waals surface area contributed by atoms with E-state index in [0.717, 1.165) is 60.9 Å². The number of rotatable bonds is 6. The standard InChI is InChI=1S/C45H30N2O/c1-3-10-31(11-4-1)32-18-20-33(21-19-32)35-14-9-15-38(26-35)47(43-17-8-7-16-40(43)34-12-5-2-6-13-34)39-22-23-44-42(29-39)41-27-37-30-46-25-24-36(37)28-45(41)48-44/h1-30H. The van der Waals surface area contributed by atoms with Crippen molar-refractivity contribution in [3.05, 3.63) is 182 Å². The van der Waals surface area contributed by atoms with Crippen molar-refractivity contribution in [2.24, 2.45) is 0 Å². The maximum Gasteiger partial charge on any atom is 0.136 e. The highest BCUT2D eigenvalue weighted by Gasteiger charge is 2.19. The lowest BCUT2D eigenvalue weighted by atomic mass is 9.99. The summed E-state index contributed by atoms with van der Waals surface area (Å²) in [5.74, 6) is 0. The van der Waals surface area contributed by atoms with Crippen LogP contribution in [-0.2, 0) is 0 Å². The molecular weight excluding hydrogens is 585 g/mol. The minimum Gasteiger partial charge on any atom is -0.456 e. The number of pyridine rings is 1. The van der Waals surface area contributed by atoms with E-state index in [0.29, 0.717) is 0 Å². The highest BCUT2D eigenvalue weighted by molar-refractivity contribution is 6.11. The first-order chi connectivity index (χ1) is 23.8. The first-order valence-corrected chi connectivity index (χ1v) is 16.2. The Morgan fingerprint density at radius 2 is 1.06 bits per heavy atom. The van der Waals surface area contributed by atoms with Crippen LogP contribution in [0.25, 0.3) is 66.1 Å². The number of anilines is 3. The van der Waals surface area contributed by atoms with Gasteiger partial charge in [0.15, 0.2) is 0 Å². The molecule has 0 saturated carbocycles. The lowest BCUT2D eigenvalue weighted by molar-refractivity contribution is 0.669. The van der Waals surface area contributed by atoms with Crippen LogP contribution in [0.3, 0.4) is 0 Å². The number of hydrogen-bond donors (Lipinski definition) is 0. The SMILES string of the molecule is c1ccc(-c2ccc(-c3cccc(N(c4ccc5oc6cc7ccncc7cc6c5c4)c4ccccc4-c4ccccc4)c3)cc2)cc1. The fourth-order valence-corrected chi connectivity index (χ4v) is 6.75. The number of fused-ring (bicyclic) bond motifs is 4. The molecule has 0 amide bonds. The average molecular weight is 615 g/mol. The monoisotopic (exact) mass is 614 g/mol. The zero-order valence-corrected chi connectivity index (χ0v) is 26.1. The smallest absolute Gasteiger partial charge is 0.136 e. The summed E-state index contributed by atoms with van der Waals surface area (Å²) in [6.07, 6.45) is 3.74. The van der Waals surface area contributed by atoms with Crippen molar-refractivity contribution in [1.29, 1.82) is 0 Å². The van der Waals surface area contributed by atoms with Crippen LogP contribution < -0.4 is 4.90 Å². The van der Waals surface area contributed by atoms with Crippen LogP contribution in [0.15, 0.2) is 187 Å². The molecule has 0 aliphatic rings. The molecule has 0 N–H and O–H groups in total. The molecule has 2 aromatic heterocycles. The second-order valence-corrected chi connectivity index (χ2v) is 12.1. The quantitative estimate of drug-likeness (QED) is 0.187. The molecule has 0 saturated heterocycles. The highest BCUT2D eigenvalue weighted by Crippen LogP contribution is 2.44. The van der Waals surface area contributed by atoms with E-state index in [2.05, 4.69) is 174 Å². The van der Waals surface area contributed by atoms with Gasteiger partial charge < -0.3 is 9.32 Å². The molecule has 0 atom stereocenters. The average Bonchev–Trinajstić information content (AvgIpc) is 3.52. The number of hydrogen-bond acceptors (Lipinski definition) is 3. The Balaban J connectivity index is 1.22. The van der Waals surface area contributed by atoms with Crippen molar-refractivity contribution in [2.45, 2.75) is 0 Å². The van der Waals surface area contributed by atoms with Crippen LogP contribution in [-0.4, -0.2) is 4.98 Å². The van der Waals surface area contributed by atoms with E-state index in [1.165, 1.54) is 22.3 Å². The number of nitrogens with zero attached hydrogens (tertiary/aromatic N) is 2. The summed E-state index contributed by atoms with van der Waals surface area (Å²) in [5.41, 5.74) is 12.0. The summed E-state index contributed by atoms with van der Waals surface area (Å²) in [6.45, 7) is 0. The highest BCUT2D eigenvalue weighted by atomic mass is 16.3. The van der Waals surface area contributed by atoms with E-state index >= 15 is 0 Å². The summed E-state index contributed by atoms with van der Waals surface area (Å²) < 4.78 is 6.38. The number of para-hydroxylation sites is 1. The topological polar surface area (TPSA) is 29.3 Å². The van der Waals surface area contributed by atoms with Crippen LogP contribution in [0, 0.1) is 0 Å². The summed E-state index contributed by atoms with van der Waals surface area (Å²) in [6, 6.07) is 60.3. The summed E-state index contributed by atoms with van der Waals surface area (Å²) in [5, 5.41) is 4.36. The fraction of sp³-hybridized carbons (Fsp3) is 0. The van der Waals surface area contributed by atoms with Gasteiger partial charge in [0.2, 0.25) is 0 Å². The summed E-state index contributed by atoms with van der Waals surface area (Å²) in [7, 11) is 0. The van der Waals surface area contributed by atoms with Gasteiger partial charge in [-0.2, -0.15) is 0 Å². The van der Waals surface area contributed by atoms with Crippen molar-refractivity contribution in [3.8, 4) is 33.4 Å². The Bertz CT molecular complexity index is 2550. The van der Waals surface area contributed by atoms with E-state index in [1.54, 1.807) is 0 Å². The third kappa shape index (κ3) is 4.99. The molecule has 0 aliphatic carbocycles. The zero-order chi connectivity index (χ0) is 31.9. The van der Waals surface area contributed by atoms with Gasteiger partial charge in [-0.05, 0) is 87.8 Å². The molecule has 3 heteroatoms. The second-order valence-electron chi connectivity index (χ2n) is 12.1. The van der Waals surface area contributed by atoms with Gasteiger partial charge in [-0.3, -0.25) is 4.98 Å². The van der Waals surface area contributed by atoms with E-state index < -0.39 is 0 Å². The van der Waals surface area contributed by atoms with Gasteiger partial charge in [0.1, 0.15) is 11.2 Å². The summed E-state index contributed by atoms with van der Waals surface area (Å²) >= 11 is 0. The molecule has 3 nitrogen and oxygen atoms in total. The van der Waals surface area contributed by atoms with E-state index in [1.807, 2.05) is 18.5 Å². The number of benzene rings is 7. The maximum absolute atomic E-state index is 6.38. The lowest BCUT2D eigenvalue weighted by Gasteiger charge is -2.28. The maximum atomic E-state index is 6.38. The summed E-state index contributed by atoms with van der Waals surface area (Å²) in [4.78, 5) is 6.73. The van der Waals surface area contributed by atoms with Gasteiger partial charge in [0, 0.05) is 45.5 Å². The van der Waals surface area contributed by atoms with Gasteiger partial charge in [-0.1, -0.05) is 115 Å². The Hall–Kier alpha value is -6.45. The lowest BCUT2D eigenvalue weighted by Crippen LogP contribution is -2.11. The minimum absolute atomic E-state index is 0.862. The van der Waals surface area contributed by atoms with Gasteiger partial charge >= 0.3 is 0 Å².